The molecule has 0 amide bonds. The fraction of sp³-hybridized carbons (Fsp3) is 0. The molecule has 0 saturated heterocycles. The van der Waals surface area contributed by atoms with Crippen LogP contribution in [0.4, 0.5) is 0 Å². The van der Waals surface area contributed by atoms with Gasteiger partial charge in [-0.05, 0) is 52.6 Å². The van der Waals surface area contributed by atoms with E-state index in [1.807, 2.05) is 103 Å². The van der Waals surface area contributed by atoms with E-state index in [1.165, 1.54) is 0 Å². The molecule has 8 aromatic rings. The Labute approximate surface area is 285 Å². The fourth-order valence-electron chi connectivity index (χ4n) is 6.39. The van der Waals surface area contributed by atoms with Crippen molar-refractivity contribution in [3.8, 4) is 45.5 Å². The van der Waals surface area contributed by atoms with Crippen LogP contribution < -0.4 is 25.9 Å². The molecule has 1 radical (unpaired) electrons. The van der Waals surface area contributed by atoms with Gasteiger partial charge >= 0.3 is 0 Å². The quantitative estimate of drug-likeness (QED) is 0.133. The number of furan rings is 1. The molecule has 2 aliphatic heterocycles. The van der Waals surface area contributed by atoms with Crippen molar-refractivity contribution in [1.29, 1.82) is 0 Å². The smallest absolute Gasteiger partial charge is 0.260 e. The molecule has 0 bridgehead atoms. The van der Waals surface area contributed by atoms with Gasteiger partial charge in [0.2, 0.25) is 0 Å². The van der Waals surface area contributed by atoms with Gasteiger partial charge < -0.3 is 23.9 Å². The predicted molar refractivity (Wildman–Crippen MR) is 182 cm³/mol. The molecule has 3 aromatic heterocycles. The van der Waals surface area contributed by atoms with Gasteiger partial charge in [-0.2, -0.15) is 0 Å². The van der Waals surface area contributed by atoms with Gasteiger partial charge in [-0.15, -0.1) is 54.1 Å². The summed E-state index contributed by atoms with van der Waals surface area (Å²) in [5, 5.41) is 2.09. The molecule has 0 fully saturated rings. The minimum Gasteiger partial charge on any atom is -0.500 e. The first-order valence-corrected chi connectivity index (χ1v) is 15.1. The number of aromatic nitrogens is 2. The minimum atomic E-state index is 0. The number of hydrogen-bond donors (Lipinski definition) is 0. The van der Waals surface area contributed by atoms with Gasteiger partial charge in [-0.25, -0.2) is 0 Å². The molecule has 2 aliphatic rings. The summed E-state index contributed by atoms with van der Waals surface area (Å²) in [4.78, 5) is 8.73. The molecule has 5 nitrogen and oxygen atoms in total. The molecule has 0 unspecified atom stereocenters. The average molecular weight is 783 g/mol. The third kappa shape index (κ3) is 5.01. The zero-order valence-electron chi connectivity index (χ0n) is 24.8. The zero-order valence-corrected chi connectivity index (χ0v) is 27.2. The van der Waals surface area contributed by atoms with E-state index in [-0.39, 0.29) is 26.8 Å². The van der Waals surface area contributed by atoms with E-state index in [0.29, 0.717) is 0 Å². The van der Waals surface area contributed by atoms with E-state index in [0.717, 1.165) is 83.8 Å². The molecule has 0 saturated carbocycles. The van der Waals surface area contributed by atoms with Crippen molar-refractivity contribution in [2.24, 2.45) is 0 Å². The first-order chi connectivity index (χ1) is 22.8. The molecule has 0 N–H and O–H groups in total. The first-order valence-electron chi connectivity index (χ1n) is 15.1. The summed E-state index contributed by atoms with van der Waals surface area (Å²) in [7, 11) is 0. The summed E-state index contributed by atoms with van der Waals surface area (Å²) >= 11 is 0. The van der Waals surface area contributed by atoms with Gasteiger partial charge in [0, 0.05) is 49.4 Å². The van der Waals surface area contributed by atoms with Gasteiger partial charge in [0.1, 0.15) is 28.6 Å². The third-order valence-corrected chi connectivity index (χ3v) is 8.43. The second-order valence-electron chi connectivity index (χ2n) is 11.1. The number of para-hydroxylation sites is 1. The summed E-state index contributed by atoms with van der Waals surface area (Å²) in [6, 6.07) is 48.4. The molecule has 47 heavy (non-hydrogen) atoms. The Morgan fingerprint density at radius 3 is 2.04 bits per heavy atom. The van der Waals surface area contributed by atoms with Gasteiger partial charge in [-0.3, -0.25) is 0 Å². The summed E-state index contributed by atoms with van der Waals surface area (Å²) in [5.41, 5.74) is 8.59. The van der Waals surface area contributed by atoms with Crippen LogP contribution in [0.25, 0.3) is 44.5 Å². The largest absolute Gasteiger partial charge is 0.500 e. The molecule has 7 heteroatoms. The second-order valence-corrected chi connectivity index (χ2v) is 11.1. The van der Waals surface area contributed by atoms with E-state index in [1.54, 1.807) is 12.4 Å². The van der Waals surface area contributed by atoms with Crippen molar-refractivity contribution in [3.63, 3.8) is 0 Å². The van der Waals surface area contributed by atoms with Crippen LogP contribution in [-0.2, 0) is 20.1 Å². The summed E-state index contributed by atoms with van der Waals surface area (Å²) in [6.07, 6.45) is 3.57. The van der Waals surface area contributed by atoms with Gasteiger partial charge in [-0.1, -0.05) is 65.5 Å². The van der Waals surface area contributed by atoms with Crippen molar-refractivity contribution in [1.82, 2.24) is 9.97 Å². The van der Waals surface area contributed by atoms with E-state index >= 15 is 0 Å². The predicted octanol–water partition coefficient (Wildman–Crippen LogP) is 7.72. The third-order valence-electron chi connectivity index (χ3n) is 8.43. The Morgan fingerprint density at radius 2 is 1.28 bits per heavy atom. The number of ether oxygens (including phenoxy) is 2. The number of pyridine rings is 2. The average Bonchev–Trinajstić information content (AvgIpc) is 3.49. The SMILES string of the molecule is [Ir].[c-]1ccc2c(oc3cc4c(cc32)B2c3ccccc3Oc3cccc(c32)O4)c1-c1ccccn1.[c-]1ccccc1-c1ccccn1. The fourth-order valence-corrected chi connectivity index (χ4v) is 6.39. The number of hydrogen-bond acceptors (Lipinski definition) is 5. The van der Waals surface area contributed by atoms with Crippen LogP contribution in [0.5, 0.6) is 23.0 Å². The molecule has 10 rings (SSSR count). The van der Waals surface area contributed by atoms with Crippen molar-refractivity contribution in [2.45, 2.75) is 0 Å². The number of benzene rings is 5. The maximum atomic E-state index is 6.40. The normalized spacial score (nSPS) is 12.0. The summed E-state index contributed by atoms with van der Waals surface area (Å²) in [6.45, 7) is 0.0276. The second kappa shape index (κ2) is 12.0. The monoisotopic (exact) mass is 783 g/mol. The van der Waals surface area contributed by atoms with Crippen LogP contribution >= 0.6 is 0 Å². The van der Waals surface area contributed by atoms with E-state index in [4.69, 9.17) is 13.9 Å². The van der Waals surface area contributed by atoms with Crippen molar-refractivity contribution < 1.29 is 34.0 Å². The molecule has 225 valence electrons. The molecule has 0 aliphatic carbocycles. The van der Waals surface area contributed by atoms with Crippen LogP contribution in [0.15, 0.2) is 144 Å². The molecule has 0 spiro atoms. The van der Waals surface area contributed by atoms with Crippen molar-refractivity contribution >= 4 is 45.0 Å². The summed E-state index contributed by atoms with van der Waals surface area (Å²) < 4.78 is 19.0. The van der Waals surface area contributed by atoms with Crippen LogP contribution in [0.3, 0.4) is 0 Å². The van der Waals surface area contributed by atoms with Crippen LogP contribution in [0, 0.1) is 12.1 Å². The Balaban J connectivity index is 0.000000212. The minimum absolute atomic E-state index is 0. The van der Waals surface area contributed by atoms with E-state index < -0.39 is 0 Å². The van der Waals surface area contributed by atoms with Crippen LogP contribution in [0.1, 0.15) is 0 Å². The maximum Gasteiger partial charge on any atom is 0.260 e. The van der Waals surface area contributed by atoms with E-state index in [2.05, 4.69) is 46.4 Å². The maximum absolute atomic E-state index is 6.40. The first kappa shape index (κ1) is 29.0. The summed E-state index contributed by atoms with van der Waals surface area (Å²) in [5.74, 6) is 3.36. The number of nitrogens with zero attached hydrogens (tertiary/aromatic N) is 2. The van der Waals surface area contributed by atoms with Crippen LogP contribution in [0.2, 0.25) is 0 Å². The van der Waals surface area contributed by atoms with Gasteiger partial charge in [0.05, 0.1) is 5.58 Å². The Hall–Kier alpha value is -5.49. The van der Waals surface area contributed by atoms with Gasteiger partial charge in [0.25, 0.3) is 6.71 Å². The van der Waals surface area contributed by atoms with E-state index in [9.17, 15) is 0 Å². The van der Waals surface area contributed by atoms with Crippen LogP contribution in [-0.4, -0.2) is 16.7 Å². The Bertz CT molecular complexity index is 2340. The number of rotatable bonds is 2. The molecule has 5 heterocycles. The van der Waals surface area contributed by atoms with Gasteiger partial charge in [0.15, 0.2) is 0 Å². The number of fused-ring (bicyclic) bond motifs is 7. The molecular weight excluding hydrogens is 759 g/mol. The standard InChI is InChI=1S/C29H15BNO3.C11H8N.Ir/c1-2-11-23-20(9-1)30-21-15-19-17-7-5-8-18(22-10-3-4-14-31-22)29(17)34-26(19)16-27(21)33-25-13-6-12-24(32-23)28(25)30;1-2-6-10(7-3-1)11-8-4-5-9-12-11;/h1-7,9-16H;1-6,8-9H;/q2*-1;. The molecule has 0 atom stereocenters. The topological polar surface area (TPSA) is 57.4 Å². The van der Waals surface area contributed by atoms with Crippen molar-refractivity contribution in [3.05, 3.63) is 152 Å². The Kier molecular flexibility index (Phi) is 7.41. The zero-order chi connectivity index (χ0) is 30.5. The molecular formula is C40H23BIrN2O3-2. The van der Waals surface area contributed by atoms with Crippen molar-refractivity contribution in [2.75, 3.05) is 0 Å². The molecule has 5 aromatic carbocycles. The Morgan fingerprint density at radius 1 is 0.553 bits per heavy atom.